The Morgan fingerprint density at radius 3 is 2.44 bits per heavy atom. The highest BCUT2D eigenvalue weighted by Crippen LogP contribution is 2.24. The van der Waals surface area contributed by atoms with Crippen molar-refractivity contribution in [1.82, 2.24) is 9.69 Å². The minimum Gasteiger partial charge on any atom is -0.457 e. The third-order valence-electron chi connectivity index (χ3n) is 3.67. The zero-order valence-corrected chi connectivity index (χ0v) is 14.9. The lowest BCUT2D eigenvalue weighted by Gasteiger charge is -2.08. The van der Waals surface area contributed by atoms with E-state index in [1.54, 1.807) is 7.05 Å². The Balaban J connectivity index is 1.60. The normalized spacial score (nSPS) is 10.3. The van der Waals surface area contributed by atoms with E-state index in [2.05, 4.69) is 15.0 Å². The molecule has 0 saturated carbocycles. The van der Waals surface area contributed by atoms with Crippen molar-refractivity contribution in [3.8, 4) is 11.5 Å². The Hall–Kier alpha value is -2.86. The summed E-state index contributed by atoms with van der Waals surface area (Å²) in [7, 11) is 1.79. The molecule has 128 valence electrons. The van der Waals surface area contributed by atoms with E-state index in [0.717, 1.165) is 27.8 Å². The van der Waals surface area contributed by atoms with Gasteiger partial charge in [0.25, 0.3) is 5.91 Å². The monoisotopic (exact) mass is 353 g/mol. The van der Waals surface area contributed by atoms with Crippen LogP contribution in [0.5, 0.6) is 11.5 Å². The fourth-order valence-corrected chi connectivity index (χ4v) is 3.12. The molecule has 3 rings (SSSR count). The fraction of sp³-hybridized carbons (Fsp3) is 0.158. The van der Waals surface area contributed by atoms with Gasteiger partial charge in [-0.25, -0.2) is 0 Å². The number of ether oxygens (including phenoxy) is 1. The molecule has 0 unspecified atom stereocenters. The molecule has 0 saturated heterocycles. The van der Waals surface area contributed by atoms with Crippen LogP contribution in [-0.4, -0.2) is 17.3 Å². The number of nitrogens with zero attached hydrogens (tertiary/aromatic N) is 1. The lowest BCUT2D eigenvalue weighted by atomic mass is 10.2. The van der Waals surface area contributed by atoms with Gasteiger partial charge in [0.1, 0.15) is 16.5 Å². The summed E-state index contributed by atoms with van der Waals surface area (Å²) in [5.74, 6) is 1.43. The maximum atomic E-state index is 12.4. The van der Waals surface area contributed by atoms with Crippen molar-refractivity contribution in [2.45, 2.75) is 13.5 Å². The second kappa shape index (κ2) is 7.81. The molecule has 2 aromatic carbocycles. The van der Waals surface area contributed by atoms with Gasteiger partial charge in [-0.1, -0.05) is 30.3 Å². The summed E-state index contributed by atoms with van der Waals surface area (Å²) in [5.41, 5.74) is 2.34. The number of para-hydroxylation sites is 1. The van der Waals surface area contributed by atoms with Crippen LogP contribution in [-0.2, 0) is 6.54 Å². The summed E-state index contributed by atoms with van der Waals surface area (Å²) in [6.07, 6.45) is 0. The quantitative estimate of drug-likeness (QED) is 0.697. The van der Waals surface area contributed by atoms with E-state index in [1.807, 2.05) is 61.5 Å². The molecule has 1 aromatic heterocycles. The molecule has 0 spiro atoms. The second-order valence-corrected chi connectivity index (χ2v) is 6.24. The first kappa shape index (κ1) is 17.0. The van der Waals surface area contributed by atoms with Crippen molar-refractivity contribution in [1.29, 1.82) is 0 Å². The van der Waals surface area contributed by atoms with E-state index in [-0.39, 0.29) is 5.91 Å². The zero-order valence-electron chi connectivity index (χ0n) is 14.1. The van der Waals surface area contributed by atoms with Crippen molar-refractivity contribution >= 4 is 22.4 Å². The third-order valence-corrected chi connectivity index (χ3v) is 4.63. The average molecular weight is 353 g/mol. The van der Waals surface area contributed by atoms with Crippen LogP contribution in [0, 0.1) is 6.92 Å². The number of benzene rings is 2. The van der Waals surface area contributed by atoms with Gasteiger partial charge in [0, 0.05) is 13.6 Å². The lowest BCUT2D eigenvalue weighted by Crippen LogP contribution is -2.23. The zero-order chi connectivity index (χ0) is 17.6. The van der Waals surface area contributed by atoms with Gasteiger partial charge in [0.05, 0.1) is 11.3 Å². The first-order chi connectivity index (χ1) is 12.2. The summed E-state index contributed by atoms with van der Waals surface area (Å²) >= 11 is 1.29. The van der Waals surface area contributed by atoms with Gasteiger partial charge in [0.2, 0.25) is 0 Å². The maximum Gasteiger partial charge on any atom is 0.256 e. The Kier molecular flexibility index (Phi) is 5.30. The number of aryl methyl sites for hydroxylation is 1. The number of hydrogen-bond donors (Lipinski definition) is 2. The Bertz CT molecular complexity index is 845. The van der Waals surface area contributed by atoms with Crippen LogP contribution in [0.25, 0.3) is 0 Å². The van der Waals surface area contributed by atoms with Crippen molar-refractivity contribution in [2.24, 2.45) is 0 Å². The number of carbonyl (C=O) groups is 1. The summed E-state index contributed by atoms with van der Waals surface area (Å²) in [5, 5.41) is 6.72. The van der Waals surface area contributed by atoms with E-state index in [0.29, 0.717) is 12.1 Å². The van der Waals surface area contributed by atoms with Crippen molar-refractivity contribution in [3.63, 3.8) is 0 Å². The Labute approximate surface area is 150 Å². The fourth-order valence-electron chi connectivity index (χ4n) is 2.38. The molecule has 0 aliphatic carbocycles. The first-order valence-corrected chi connectivity index (χ1v) is 8.69. The molecule has 0 bridgehead atoms. The van der Waals surface area contributed by atoms with Crippen LogP contribution < -0.4 is 15.4 Å². The summed E-state index contributed by atoms with van der Waals surface area (Å²) in [6.45, 7) is 2.28. The molecule has 0 aliphatic heterocycles. The number of carbonyl (C=O) groups excluding carboxylic acids is 1. The topological polar surface area (TPSA) is 63.2 Å². The van der Waals surface area contributed by atoms with Gasteiger partial charge in [-0.05, 0) is 48.3 Å². The van der Waals surface area contributed by atoms with Crippen LogP contribution in [0.15, 0.2) is 54.6 Å². The maximum absolute atomic E-state index is 12.4. The minimum atomic E-state index is -0.125. The lowest BCUT2D eigenvalue weighted by molar-refractivity contribution is 0.0951. The van der Waals surface area contributed by atoms with Gasteiger partial charge in [0.15, 0.2) is 0 Å². The highest BCUT2D eigenvalue weighted by Gasteiger charge is 2.17. The molecule has 0 radical (unpaired) electrons. The molecule has 25 heavy (non-hydrogen) atoms. The molecule has 0 aliphatic rings. The number of rotatable bonds is 6. The van der Waals surface area contributed by atoms with Crippen molar-refractivity contribution in [2.75, 3.05) is 12.4 Å². The van der Waals surface area contributed by atoms with Gasteiger partial charge in [-0.15, -0.1) is 0 Å². The molecule has 6 heteroatoms. The third kappa shape index (κ3) is 4.16. The smallest absolute Gasteiger partial charge is 0.256 e. The SMILES string of the molecule is CNc1snc(C)c1C(=O)NCc1ccc(Oc2ccccc2)cc1. The number of nitrogens with one attached hydrogen (secondary N) is 2. The molecule has 3 aromatic rings. The van der Waals surface area contributed by atoms with Gasteiger partial charge in [-0.2, -0.15) is 4.37 Å². The molecule has 1 heterocycles. The van der Waals surface area contributed by atoms with Crippen LogP contribution >= 0.6 is 11.5 Å². The van der Waals surface area contributed by atoms with E-state index < -0.39 is 0 Å². The molecule has 2 N–H and O–H groups in total. The van der Waals surface area contributed by atoms with Gasteiger partial charge in [-0.3, -0.25) is 4.79 Å². The first-order valence-electron chi connectivity index (χ1n) is 7.91. The van der Waals surface area contributed by atoms with Crippen molar-refractivity contribution in [3.05, 3.63) is 71.4 Å². The van der Waals surface area contributed by atoms with E-state index in [1.165, 1.54) is 11.5 Å². The number of hydrogen-bond acceptors (Lipinski definition) is 5. The molecule has 0 fully saturated rings. The standard InChI is InChI=1S/C19H19N3O2S/c1-13-17(19(20-2)25-22-13)18(23)21-12-14-8-10-16(11-9-14)24-15-6-4-3-5-7-15/h3-11,20H,12H2,1-2H3,(H,21,23). The van der Waals surface area contributed by atoms with Crippen molar-refractivity contribution < 1.29 is 9.53 Å². The summed E-state index contributed by atoms with van der Waals surface area (Å²) in [4.78, 5) is 12.4. The van der Waals surface area contributed by atoms with E-state index in [9.17, 15) is 4.79 Å². The average Bonchev–Trinajstić information content (AvgIpc) is 3.02. The van der Waals surface area contributed by atoms with Crippen LogP contribution in [0.4, 0.5) is 5.00 Å². The Morgan fingerprint density at radius 2 is 1.76 bits per heavy atom. The highest BCUT2D eigenvalue weighted by atomic mass is 32.1. The van der Waals surface area contributed by atoms with E-state index >= 15 is 0 Å². The predicted octanol–water partition coefficient (Wildman–Crippen LogP) is 4.22. The van der Waals surface area contributed by atoms with Crippen LogP contribution in [0.3, 0.4) is 0 Å². The van der Waals surface area contributed by atoms with Crippen LogP contribution in [0.1, 0.15) is 21.6 Å². The highest BCUT2D eigenvalue weighted by molar-refractivity contribution is 7.10. The van der Waals surface area contributed by atoms with Crippen LogP contribution in [0.2, 0.25) is 0 Å². The number of anilines is 1. The molecule has 0 atom stereocenters. The molecular weight excluding hydrogens is 334 g/mol. The largest absolute Gasteiger partial charge is 0.457 e. The summed E-state index contributed by atoms with van der Waals surface area (Å²) < 4.78 is 9.98. The number of aromatic nitrogens is 1. The molecule has 5 nitrogen and oxygen atoms in total. The minimum absolute atomic E-state index is 0.125. The molecular formula is C19H19N3O2S. The predicted molar refractivity (Wildman–Crippen MR) is 101 cm³/mol. The van der Waals surface area contributed by atoms with Gasteiger partial charge >= 0.3 is 0 Å². The number of amides is 1. The molecule has 1 amide bonds. The Morgan fingerprint density at radius 1 is 1.08 bits per heavy atom. The van der Waals surface area contributed by atoms with E-state index in [4.69, 9.17) is 4.74 Å². The second-order valence-electron chi connectivity index (χ2n) is 5.46. The summed E-state index contributed by atoms with van der Waals surface area (Å²) in [6, 6.07) is 17.3. The van der Waals surface area contributed by atoms with Gasteiger partial charge < -0.3 is 15.4 Å².